The van der Waals surface area contributed by atoms with E-state index in [1.165, 1.54) is 88.2 Å². The van der Waals surface area contributed by atoms with E-state index in [1.807, 2.05) is 0 Å². The van der Waals surface area contributed by atoms with Gasteiger partial charge in [-0.2, -0.15) is 0 Å². The van der Waals surface area contributed by atoms with Crippen molar-refractivity contribution in [3.05, 3.63) is 170 Å². The average Bonchev–Trinajstić information content (AvgIpc) is 3.84. The minimum atomic E-state index is 0.982. The molecule has 49 heavy (non-hydrogen) atoms. The SMILES string of the molecule is c1ccc(-c2nc3cccc4c5ccc(-c6cccc(-c7cccc(-c8ccc9c%10c(cccc8%10)-c8ccccc8-9)c7)c6)cc5c2n34)cc1. The minimum absolute atomic E-state index is 0.982. The number of rotatable bonds is 4. The topological polar surface area (TPSA) is 17.3 Å². The highest BCUT2D eigenvalue weighted by Gasteiger charge is 2.23. The van der Waals surface area contributed by atoms with Gasteiger partial charge in [-0.1, -0.05) is 140 Å². The van der Waals surface area contributed by atoms with Crippen LogP contribution in [0.15, 0.2) is 170 Å². The molecule has 0 radical (unpaired) electrons. The van der Waals surface area contributed by atoms with Crippen molar-refractivity contribution in [1.29, 1.82) is 0 Å². The molecule has 11 rings (SSSR count). The predicted molar refractivity (Wildman–Crippen MR) is 205 cm³/mol. The van der Waals surface area contributed by atoms with Crippen LogP contribution in [0.1, 0.15) is 0 Å². The van der Waals surface area contributed by atoms with E-state index < -0.39 is 0 Å². The Hall–Kier alpha value is -6.51. The molecule has 2 heteroatoms. The van der Waals surface area contributed by atoms with Gasteiger partial charge in [0.25, 0.3) is 0 Å². The number of hydrogen-bond donors (Lipinski definition) is 0. The van der Waals surface area contributed by atoms with E-state index >= 15 is 0 Å². The molecule has 1 aliphatic rings. The first-order valence-electron chi connectivity index (χ1n) is 16.9. The van der Waals surface area contributed by atoms with Gasteiger partial charge in [-0.25, -0.2) is 4.98 Å². The van der Waals surface area contributed by atoms with Crippen LogP contribution in [-0.2, 0) is 0 Å². The maximum Gasteiger partial charge on any atom is 0.138 e. The molecule has 0 aliphatic heterocycles. The predicted octanol–water partition coefficient (Wildman–Crippen LogP) is 12.5. The summed E-state index contributed by atoms with van der Waals surface area (Å²) in [5.41, 5.74) is 18.2. The van der Waals surface area contributed by atoms with Crippen molar-refractivity contribution in [3.63, 3.8) is 0 Å². The van der Waals surface area contributed by atoms with Gasteiger partial charge in [-0.05, 0) is 96.7 Å². The molecule has 226 valence electrons. The molecule has 0 saturated carbocycles. The van der Waals surface area contributed by atoms with Crippen LogP contribution >= 0.6 is 0 Å². The average molecular weight is 621 g/mol. The van der Waals surface area contributed by atoms with Crippen molar-refractivity contribution in [3.8, 4) is 66.9 Å². The highest BCUT2D eigenvalue weighted by molar-refractivity contribution is 6.19. The molecule has 2 nitrogen and oxygen atoms in total. The fourth-order valence-electron chi connectivity index (χ4n) is 8.30. The van der Waals surface area contributed by atoms with Crippen LogP contribution in [-0.4, -0.2) is 9.38 Å². The second kappa shape index (κ2) is 10.00. The summed E-state index contributed by atoms with van der Waals surface area (Å²) in [5, 5.41) is 5.14. The summed E-state index contributed by atoms with van der Waals surface area (Å²) in [7, 11) is 0. The Morgan fingerprint density at radius 2 is 0.939 bits per heavy atom. The third-order valence-corrected chi connectivity index (χ3v) is 10.5. The summed E-state index contributed by atoms with van der Waals surface area (Å²) in [6.07, 6.45) is 0. The van der Waals surface area contributed by atoms with Gasteiger partial charge in [0.1, 0.15) is 5.65 Å². The smallest absolute Gasteiger partial charge is 0.138 e. The molecule has 0 unspecified atom stereocenters. The highest BCUT2D eigenvalue weighted by atomic mass is 15.0. The normalized spacial score (nSPS) is 12.1. The molecular weight excluding hydrogens is 593 g/mol. The minimum Gasteiger partial charge on any atom is -0.292 e. The molecule has 0 N–H and O–H groups in total. The number of benzene rings is 7. The maximum atomic E-state index is 5.09. The molecular formula is C47H28N2. The molecule has 0 bridgehead atoms. The van der Waals surface area contributed by atoms with Crippen molar-refractivity contribution in [1.82, 2.24) is 9.38 Å². The Morgan fingerprint density at radius 1 is 0.347 bits per heavy atom. The maximum absolute atomic E-state index is 5.09. The summed E-state index contributed by atoms with van der Waals surface area (Å²) in [5.74, 6) is 0. The fraction of sp³-hybridized carbons (Fsp3) is 0. The zero-order valence-electron chi connectivity index (χ0n) is 26.6. The number of hydrogen-bond acceptors (Lipinski definition) is 1. The van der Waals surface area contributed by atoms with Gasteiger partial charge in [-0.3, -0.25) is 4.40 Å². The lowest BCUT2D eigenvalue weighted by Gasteiger charge is -2.12. The summed E-state index contributed by atoms with van der Waals surface area (Å²) < 4.78 is 2.32. The van der Waals surface area contributed by atoms with Crippen molar-refractivity contribution in [2.24, 2.45) is 0 Å². The van der Waals surface area contributed by atoms with Crippen molar-refractivity contribution < 1.29 is 0 Å². The third-order valence-electron chi connectivity index (χ3n) is 10.5. The van der Waals surface area contributed by atoms with Gasteiger partial charge in [0.15, 0.2) is 0 Å². The highest BCUT2D eigenvalue weighted by Crippen LogP contribution is 2.49. The van der Waals surface area contributed by atoms with Crippen LogP contribution in [0.3, 0.4) is 0 Å². The van der Waals surface area contributed by atoms with Crippen LogP contribution < -0.4 is 0 Å². The van der Waals surface area contributed by atoms with E-state index in [9.17, 15) is 0 Å². The van der Waals surface area contributed by atoms with Crippen molar-refractivity contribution >= 4 is 38.2 Å². The quantitative estimate of drug-likeness (QED) is 0.191. The molecule has 10 aromatic rings. The zero-order chi connectivity index (χ0) is 32.1. The first-order chi connectivity index (χ1) is 24.3. The van der Waals surface area contributed by atoms with Gasteiger partial charge >= 0.3 is 0 Å². The van der Waals surface area contributed by atoms with Crippen LogP contribution in [0, 0.1) is 0 Å². The molecule has 1 aliphatic carbocycles. The lowest BCUT2D eigenvalue weighted by atomic mass is 9.92. The molecule has 0 atom stereocenters. The largest absolute Gasteiger partial charge is 0.292 e. The van der Waals surface area contributed by atoms with E-state index in [2.05, 4.69) is 174 Å². The Labute approximate surface area is 283 Å². The number of imidazole rings is 1. The van der Waals surface area contributed by atoms with Gasteiger partial charge in [0, 0.05) is 16.3 Å². The Kier molecular flexibility index (Phi) is 5.42. The van der Waals surface area contributed by atoms with Crippen LogP contribution in [0.5, 0.6) is 0 Å². The van der Waals surface area contributed by atoms with Gasteiger partial charge in [0.05, 0.1) is 16.7 Å². The summed E-state index contributed by atoms with van der Waals surface area (Å²) >= 11 is 0. The molecule has 0 fully saturated rings. The molecule has 3 heterocycles. The second-order valence-electron chi connectivity index (χ2n) is 13.1. The Morgan fingerprint density at radius 3 is 1.73 bits per heavy atom. The molecule has 3 aromatic heterocycles. The summed E-state index contributed by atoms with van der Waals surface area (Å²) in [4.78, 5) is 5.09. The molecule has 0 amide bonds. The molecule has 7 aromatic carbocycles. The number of nitrogens with zero attached hydrogens (tertiary/aromatic N) is 2. The molecule has 0 saturated heterocycles. The zero-order valence-corrected chi connectivity index (χ0v) is 26.6. The van der Waals surface area contributed by atoms with Crippen molar-refractivity contribution in [2.45, 2.75) is 0 Å². The lowest BCUT2D eigenvalue weighted by Crippen LogP contribution is -1.86. The number of pyridine rings is 1. The van der Waals surface area contributed by atoms with Gasteiger partial charge in [-0.15, -0.1) is 0 Å². The third kappa shape index (κ3) is 3.80. The van der Waals surface area contributed by atoms with E-state index in [0.717, 1.165) is 16.9 Å². The second-order valence-corrected chi connectivity index (χ2v) is 13.1. The van der Waals surface area contributed by atoms with E-state index in [1.54, 1.807) is 0 Å². The lowest BCUT2D eigenvalue weighted by molar-refractivity contribution is 1.31. The van der Waals surface area contributed by atoms with E-state index in [0.29, 0.717) is 0 Å². The van der Waals surface area contributed by atoms with Gasteiger partial charge in [0.2, 0.25) is 0 Å². The Balaban J connectivity index is 1.03. The monoisotopic (exact) mass is 620 g/mol. The summed E-state index contributed by atoms with van der Waals surface area (Å²) in [6.45, 7) is 0. The van der Waals surface area contributed by atoms with Crippen molar-refractivity contribution in [2.75, 3.05) is 0 Å². The first kappa shape index (κ1) is 26.5. The standard InChI is InChI=1S/C47H28N2/c1-2-10-29(11-3-1)46-47-42-28-33(22-23-38(42)43-20-9-21-44(48-46)49(43)47)31-13-6-12-30(26-31)32-14-7-15-34(27-32)35-24-25-41-37-17-5-4-16-36(37)40-19-8-18-39(35)45(40)41/h1-28H. The van der Waals surface area contributed by atoms with Crippen LogP contribution in [0.2, 0.25) is 0 Å². The molecule has 0 spiro atoms. The Bertz CT molecular complexity index is 2900. The van der Waals surface area contributed by atoms with Crippen LogP contribution in [0.25, 0.3) is 105 Å². The fourth-order valence-corrected chi connectivity index (χ4v) is 8.30. The first-order valence-corrected chi connectivity index (χ1v) is 16.9. The number of aromatic nitrogens is 2. The van der Waals surface area contributed by atoms with E-state index in [-0.39, 0.29) is 0 Å². The van der Waals surface area contributed by atoms with E-state index in [4.69, 9.17) is 4.98 Å². The van der Waals surface area contributed by atoms with Gasteiger partial charge < -0.3 is 0 Å². The van der Waals surface area contributed by atoms with Crippen LogP contribution in [0.4, 0.5) is 0 Å². The summed E-state index contributed by atoms with van der Waals surface area (Å²) in [6, 6.07) is 62.0. The number of fused-ring (bicyclic) bond motifs is 6.